The third-order valence-corrected chi connectivity index (χ3v) is 2.68. The van der Waals surface area contributed by atoms with E-state index >= 15 is 0 Å². The van der Waals surface area contributed by atoms with Crippen LogP contribution in [0.25, 0.3) is 0 Å². The highest BCUT2D eigenvalue weighted by Gasteiger charge is 2.24. The number of pyridine rings is 1. The summed E-state index contributed by atoms with van der Waals surface area (Å²) in [4.78, 5) is 41.6. The first kappa shape index (κ1) is 18.1. The van der Waals surface area contributed by atoms with Crippen molar-refractivity contribution in [3.8, 4) is 0 Å². The van der Waals surface area contributed by atoms with Gasteiger partial charge in [0.15, 0.2) is 0 Å². The van der Waals surface area contributed by atoms with Gasteiger partial charge in [0.1, 0.15) is 5.69 Å². The van der Waals surface area contributed by atoms with Crippen LogP contribution < -0.4 is 0 Å². The van der Waals surface area contributed by atoms with Crippen LogP contribution in [0.4, 0.5) is 0 Å². The Hall–Kier alpha value is -2.96. The van der Waals surface area contributed by atoms with Crippen molar-refractivity contribution in [1.82, 2.24) is 9.88 Å². The van der Waals surface area contributed by atoms with Gasteiger partial charge in [-0.15, -0.1) is 0 Å². The Morgan fingerprint density at radius 2 is 1.65 bits per heavy atom. The topological polar surface area (TPSA) is 85.8 Å². The molecule has 0 unspecified atom stereocenters. The first-order chi connectivity index (χ1) is 10.9. The van der Waals surface area contributed by atoms with Crippen molar-refractivity contribution < 1.29 is 23.9 Å². The van der Waals surface area contributed by atoms with Crippen LogP contribution in [-0.2, 0) is 19.1 Å². The van der Waals surface area contributed by atoms with Crippen LogP contribution in [0.1, 0.15) is 10.5 Å². The second-order valence-electron chi connectivity index (χ2n) is 4.63. The number of carbonyl (C=O) groups is 3. The van der Waals surface area contributed by atoms with Crippen molar-refractivity contribution in [2.75, 3.05) is 28.3 Å². The molecule has 0 N–H and O–H groups in total. The van der Waals surface area contributed by atoms with Crippen LogP contribution in [0.3, 0.4) is 0 Å². The third-order valence-electron chi connectivity index (χ3n) is 2.68. The van der Waals surface area contributed by atoms with E-state index in [0.29, 0.717) is 0 Å². The van der Waals surface area contributed by atoms with Crippen LogP contribution >= 0.6 is 0 Å². The molecule has 0 radical (unpaired) electrons. The van der Waals surface area contributed by atoms with Crippen LogP contribution in [-0.4, -0.2) is 55.9 Å². The molecule has 0 saturated heterocycles. The van der Waals surface area contributed by atoms with E-state index in [0.717, 1.165) is 13.2 Å². The molecule has 0 aliphatic carbocycles. The molecule has 1 aromatic heterocycles. The lowest BCUT2D eigenvalue weighted by Crippen LogP contribution is -2.19. The minimum atomic E-state index is -0.826. The second-order valence-corrected chi connectivity index (χ2v) is 4.63. The highest BCUT2D eigenvalue weighted by Crippen LogP contribution is 2.16. The molecule has 7 nitrogen and oxygen atoms in total. The molecule has 0 bridgehead atoms. The first-order valence-corrected chi connectivity index (χ1v) is 6.63. The zero-order chi connectivity index (χ0) is 17.4. The Morgan fingerprint density at radius 3 is 2.13 bits per heavy atom. The van der Waals surface area contributed by atoms with Gasteiger partial charge in [-0.3, -0.25) is 9.78 Å². The third kappa shape index (κ3) is 5.06. The molecule has 0 saturated carbocycles. The van der Waals surface area contributed by atoms with E-state index in [4.69, 9.17) is 0 Å². The minimum absolute atomic E-state index is 0.0892. The number of hydrogen-bond acceptors (Lipinski definition) is 7. The fourth-order valence-electron chi connectivity index (χ4n) is 1.67. The molecule has 23 heavy (non-hydrogen) atoms. The molecule has 122 valence electrons. The number of carbonyl (C=O) groups excluding carboxylic acids is 3. The van der Waals surface area contributed by atoms with Crippen LogP contribution in [0.2, 0.25) is 0 Å². The smallest absolute Gasteiger partial charge is 0.340 e. The van der Waals surface area contributed by atoms with E-state index in [1.165, 1.54) is 25.6 Å². The number of nitrogens with zero attached hydrogens (tertiary/aromatic N) is 2. The van der Waals surface area contributed by atoms with E-state index < -0.39 is 17.7 Å². The van der Waals surface area contributed by atoms with Gasteiger partial charge in [-0.05, 0) is 12.1 Å². The molecule has 0 aliphatic rings. The number of methoxy groups -OCH3 is 2. The van der Waals surface area contributed by atoms with Gasteiger partial charge >= 0.3 is 11.9 Å². The van der Waals surface area contributed by atoms with E-state index in [1.807, 2.05) is 0 Å². The summed E-state index contributed by atoms with van der Waals surface area (Å²) >= 11 is 0. The lowest BCUT2D eigenvalue weighted by atomic mass is 10.0. The molecule has 0 fully saturated rings. The van der Waals surface area contributed by atoms with Gasteiger partial charge in [0.25, 0.3) is 0 Å². The largest absolute Gasteiger partial charge is 0.465 e. The second kappa shape index (κ2) is 8.47. The van der Waals surface area contributed by atoms with Crippen molar-refractivity contribution in [1.29, 1.82) is 0 Å². The Kier molecular flexibility index (Phi) is 6.67. The maximum Gasteiger partial charge on any atom is 0.340 e. The lowest BCUT2D eigenvalue weighted by Gasteiger charge is -2.12. The van der Waals surface area contributed by atoms with Crippen molar-refractivity contribution in [2.24, 2.45) is 0 Å². The van der Waals surface area contributed by atoms with Crippen LogP contribution in [0.5, 0.6) is 0 Å². The standard InChI is InChI=1S/C16H18N2O5/c1-18(2)10-12(16(21)23-4)11(15(20)22-3)9-14(19)13-7-5-6-8-17-13/h5-10H,1-4H3/b11-9+,12-10+. The van der Waals surface area contributed by atoms with Crippen molar-refractivity contribution >= 4 is 17.7 Å². The number of rotatable bonds is 6. The zero-order valence-electron chi connectivity index (χ0n) is 13.4. The van der Waals surface area contributed by atoms with Crippen molar-refractivity contribution in [2.45, 2.75) is 0 Å². The number of aromatic nitrogens is 1. The molecule has 0 aliphatic heterocycles. The van der Waals surface area contributed by atoms with Crippen LogP contribution in [0, 0.1) is 0 Å². The summed E-state index contributed by atoms with van der Waals surface area (Å²) in [6.45, 7) is 0. The number of ketones is 1. The van der Waals surface area contributed by atoms with E-state index in [1.54, 1.807) is 31.1 Å². The Labute approximate surface area is 134 Å². The average Bonchev–Trinajstić information content (AvgIpc) is 2.56. The molecular weight excluding hydrogens is 300 g/mol. The minimum Gasteiger partial charge on any atom is -0.465 e. The molecule has 1 rings (SSSR count). The SMILES string of the molecule is COC(=O)C(=C/C(=O)c1ccccn1)/C(=C\N(C)C)C(=O)OC. The van der Waals surface area contributed by atoms with Gasteiger partial charge in [0, 0.05) is 32.6 Å². The highest BCUT2D eigenvalue weighted by molar-refractivity contribution is 6.14. The predicted molar refractivity (Wildman–Crippen MR) is 82.5 cm³/mol. The van der Waals surface area contributed by atoms with E-state index in [9.17, 15) is 14.4 Å². The summed E-state index contributed by atoms with van der Waals surface area (Å²) in [5.41, 5.74) is -0.152. The molecule has 1 heterocycles. The summed E-state index contributed by atoms with van der Waals surface area (Å²) in [5, 5.41) is 0. The van der Waals surface area contributed by atoms with Gasteiger partial charge in [0.2, 0.25) is 5.78 Å². The van der Waals surface area contributed by atoms with Crippen LogP contribution in [0.15, 0.2) is 47.8 Å². The normalized spacial score (nSPS) is 11.7. The molecule has 0 spiro atoms. The maximum atomic E-state index is 12.2. The molecule has 0 amide bonds. The molecule has 0 atom stereocenters. The molecule has 7 heteroatoms. The lowest BCUT2D eigenvalue weighted by molar-refractivity contribution is -0.139. The predicted octanol–water partition coefficient (Wildman–Crippen LogP) is 0.982. The number of ether oxygens (including phenoxy) is 2. The molecule has 0 aromatic carbocycles. The zero-order valence-corrected chi connectivity index (χ0v) is 13.4. The van der Waals surface area contributed by atoms with Gasteiger partial charge in [0.05, 0.1) is 25.4 Å². The van der Waals surface area contributed by atoms with Gasteiger partial charge in [-0.2, -0.15) is 0 Å². The summed E-state index contributed by atoms with van der Waals surface area (Å²) in [6.07, 6.45) is 3.84. The van der Waals surface area contributed by atoms with Crippen molar-refractivity contribution in [3.63, 3.8) is 0 Å². The Balaban J connectivity index is 3.37. The van der Waals surface area contributed by atoms with E-state index in [-0.39, 0.29) is 16.8 Å². The maximum absolute atomic E-state index is 12.2. The summed E-state index contributed by atoms with van der Waals surface area (Å²) in [5.74, 6) is -2.11. The fourth-order valence-corrected chi connectivity index (χ4v) is 1.67. The fraction of sp³-hybridized carbons (Fsp3) is 0.250. The molecular formula is C16H18N2O5. The number of allylic oxidation sites excluding steroid dienone is 1. The summed E-state index contributed by atoms with van der Waals surface area (Å²) in [6, 6.07) is 4.80. The number of hydrogen-bond donors (Lipinski definition) is 0. The van der Waals surface area contributed by atoms with Crippen molar-refractivity contribution in [3.05, 3.63) is 53.5 Å². The Bertz CT molecular complexity index is 648. The summed E-state index contributed by atoms with van der Waals surface area (Å²) in [7, 11) is 5.67. The Morgan fingerprint density at radius 1 is 1.04 bits per heavy atom. The monoisotopic (exact) mass is 318 g/mol. The van der Waals surface area contributed by atoms with Gasteiger partial charge in [-0.25, -0.2) is 9.59 Å². The van der Waals surface area contributed by atoms with Gasteiger partial charge in [-0.1, -0.05) is 6.07 Å². The van der Waals surface area contributed by atoms with Gasteiger partial charge < -0.3 is 14.4 Å². The first-order valence-electron chi connectivity index (χ1n) is 6.63. The summed E-state index contributed by atoms with van der Waals surface area (Å²) < 4.78 is 9.33. The molecule has 1 aromatic rings. The number of esters is 2. The quantitative estimate of drug-likeness (QED) is 0.334. The average molecular weight is 318 g/mol. The van der Waals surface area contributed by atoms with E-state index in [2.05, 4.69) is 14.5 Å². The highest BCUT2D eigenvalue weighted by atomic mass is 16.5.